The molecule has 14 heavy (non-hydrogen) atoms. The molecule has 72 valence electrons. The third-order valence-electron chi connectivity index (χ3n) is 2.17. The molecule has 1 aromatic rings. The van der Waals surface area contributed by atoms with Gasteiger partial charge in [-0.2, -0.15) is 0 Å². The summed E-state index contributed by atoms with van der Waals surface area (Å²) in [7, 11) is 0. The first-order chi connectivity index (χ1) is 6.61. The molecule has 2 nitrogen and oxygen atoms in total. The van der Waals surface area contributed by atoms with Crippen LogP contribution in [0.5, 0.6) is 0 Å². The van der Waals surface area contributed by atoms with Crippen LogP contribution in [0.2, 0.25) is 0 Å². The molecule has 0 radical (unpaired) electrons. The van der Waals surface area contributed by atoms with Crippen molar-refractivity contribution in [3.8, 4) is 0 Å². The van der Waals surface area contributed by atoms with Gasteiger partial charge in [0.2, 0.25) is 0 Å². The number of fused-ring (bicyclic) bond motifs is 1. The Labute approximate surface area is 104 Å². The van der Waals surface area contributed by atoms with Gasteiger partial charge in [-0.15, -0.1) is 0 Å². The summed E-state index contributed by atoms with van der Waals surface area (Å²) >= 11 is 5.58. The number of Topliss-reactive ketones (excluding diaryl/α,β-unsaturated/α-hetero) is 1. The molecular weight excluding hydrogens is 357 g/mol. The Kier molecular flexibility index (Phi) is 2.74. The number of nitrogens with zero attached hydrogens (tertiary/aromatic N) is 1. The van der Waals surface area contributed by atoms with Crippen LogP contribution in [0.1, 0.15) is 17.3 Å². The zero-order valence-corrected chi connectivity index (χ0v) is 11.2. The second-order valence-corrected chi connectivity index (χ2v) is 5.20. The molecular formula is C10H7BrINO. The van der Waals surface area contributed by atoms with Gasteiger partial charge in [-0.3, -0.25) is 9.79 Å². The molecule has 0 aromatic heterocycles. The van der Waals surface area contributed by atoms with Gasteiger partial charge >= 0.3 is 0 Å². The number of rotatable bonds is 0. The molecule has 0 aliphatic carbocycles. The quantitative estimate of drug-likeness (QED) is 0.648. The maximum Gasteiger partial charge on any atom is 0.174 e. The first kappa shape index (κ1) is 10.3. The van der Waals surface area contributed by atoms with Gasteiger partial charge in [0.05, 0.1) is 17.2 Å². The van der Waals surface area contributed by atoms with E-state index >= 15 is 0 Å². The van der Waals surface area contributed by atoms with E-state index in [1.807, 2.05) is 19.1 Å². The Morgan fingerprint density at radius 3 is 2.93 bits per heavy atom. The minimum absolute atomic E-state index is 0.114. The second-order valence-electron chi connectivity index (χ2n) is 3.18. The fraction of sp³-hybridized carbons (Fsp3) is 0.200. The number of aliphatic imine (C=N–C) groups is 1. The lowest BCUT2D eigenvalue weighted by atomic mass is 9.96. The Hall–Kier alpha value is -0.230. The average molecular weight is 364 g/mol. The number of carbonyl (C=O) groups is 1. The third-order valence-corrected chi connectivity index (χ3v) is 3.70. The summed E-state index contributed by atoms with van der Waals surface area (Å²) in [6, 6.07) is 3.84. The van der Waals surface area contributed by atoms with Crippen LogP contribution in [0, 0.1) is 9.49 Å². The zero-order chi connectivity index (χ0) is 10.3. The first-order valence-corrected chi connectivity index (χ1v) is 6.05. The molecule has 2 rings (SSSR count). The summed E-state index contributed by atoms with van der Waals surface area (Å²) < 4.78 is 1.85. The molecule has 4 heteroatoms. The molecule has 1 heterocycles. The second kappa shape index (κ2) is 3.73. The van der Waals surface area contributed by atoms with E-state index in [2.05, 4.69) is 43.5 Å². The predicted octanol–water partition coefficient (Wildman–Crippen LogP) is 3.59. The molecule has 1 aromatic carbocycles. The van der Waals surface area contributed by atoms with Crippen molar-refractivity contribution in [3.05, 3.63) is 25.7 Å². The maximum atomic E-state index is 11.9. The van der Waals surface area contributed by atoms with Crippen molar-refractivity contribution in [2.75, 3.05) is 0 Å². The van der Waals surface area contributed by atoms with E-state index in [0.29, 0.717) is 5.56 Å². The normalized spacial score (nSPS) is 19.6. The summed E-state index contributed by atoms with van der Waals surface area (Å²) in [5.41, 5.74) is 1.51. The molecule has 0 N–H and O–H groups in total. The summed E-state index contributed by atoms with van der Waals surface area (Å²) in [6.45, 7) is 1.86. The van der Waals surface area contributed by atoms with E-state index in [0.717, 1.165) is 13.7 Å². The smallest absolute Gasteiger partial charge is 0.174 e. The molecule has 0 amide bonds. The standard InChI is InChI=1S/C10H7BrINO/c1-5-4-13-9-7(12)3-2-6(11)8(9)10(5)14/h2-5H,1H3. The van der Waals surface area contributed by atoms with Crippen molar-refractivity contribution in [1.82, 2.24) is 0 Å². The van der Waals surface area contributed by atoms with Gasteiger partial charge in [0.1, 0.15) is 0 Å². The van der Waals surface area contributed by atoms with Crippen LogP contribution in [-0.2, 0) is 0 Å². The van der Waals surface area contributed by atoms with Crippen molar-refractivity contribution in [1.29, 1.82) is 0 Å². The van der Waals surface area contributed by atoms with Crippen LogP contribution in [0.4, 0.5) is 5.69 Å². The Balaban J connectivity index is 2.73. The van der Waals surface area contributed by atoms with Crippen LogP contribution >= 0.6 is 38.5 Å². The molecule has 0 saturated carbocycles. The molecule has 0 fully saturated rings. The molecule has 1 unspecified atom stereocenters. The number of halogens is 2. The highest BCUT2D eigenvalue weighted by Crippen LogP contribution is 2.35. The number of hydrogen-bond acceptors (Lipinski definition) is 2. The lowest BCUT2D eigenvalue weighted by molar-refractivity contribution is 0.0961. The predicted molar refractivity (Wildman–Crippen MR) is 68.5 cm³/mol. The van der Waals surface area contributed by atoms with Crippen molar-refractivity contribution >= 4 is 56.2 Å². The lowest BCUT2D eigenvalue weighted by Gasteiger charge is -2.16. The molecule has 1 aliphatic rings. The van der Waals surface area contributed by atoms with Crippen LogP contribution in [0.15, 0.2) is 21.6 Å². The maximum absolute atomic E-state index is 11.9. The van der Waals surface area contributed by atoms with E-state index in [1.165, 1.54) is 0 Å². The SMILES string of the molecule is CC1C=Nc2c(I)ccc(Br)c2C1=O. The van der Waals surface area contributed by atoms with Crippen LogP contribution < -0.4 is 0 Å². The van der Waals surface area contributed by atoms with Gasteiger partial charge < -0.3 is 0 Å². The Morgan fingerprint density at radius 1 is 1.50 bits per heavy atom. The third kappa shape index (κ3) is 1.54. The van der Waals surface area contributed by atoms with Crippen molar-refractivity contribution in [3.63, 3.8) is 0 Å². The van der Waals surface area contributed by atoms with Crippen LogP contribution in [0.25, 0.3) is 0 Å². The summed E-state index contributed by atoms with van der Waals surface area (Å²) in [4.78, 5) is 16.2. The van der Waals surface area contributed by atoms with E-state index in [4.69, 9.17) is 0 Å². The zero-order valence-electron chi connectivity index (χ0n) is 7.42. The Bertz CT molecular complexity index is 442. The van der Waals surface area contributed by atoms with Gasteiger partial charge in [-0.1, -0.05) is 6.92 Å². The average Bonchev–Trinajstić information content (AvgIpc) is 2.16. The number of hydrogen-bond donors (Lipinski definition) is 0. The monoisotopic (exact) mass is 363 g/mol. The highest BCUT2D eigenvalue weighted by molar-refractivity contribution is 14.1. The molecule has 1 aliphatic heterocycles. The number of benzene rings is 1. The largest absolute Gasteiger partial charge is 0.293 e. The van der Waals surface area contributed by atoms with Gasteiger partial charge in [0.25, 0.3) is 0 Å². The molecule has 0 spiro atoms. The van der Waals surface area contributed by atoms with Crippen molar-refractivity contribution < 1.29 is 4.79 Å². The first-order valence-electron chi connectivity index (χ1n) is 4.17. The number of carbonyl (C=O) groups excluding carboxylic acids is 1. The minimum atomic E-state index is -0.114. The van der Waals surface area contributed by atoms with E-state index < -0.39 is 0 Å². The number of ketones is 1. The van der Waals surface area contributed by atoms with E-state index in [-0.39, 0.29) is 11.7 Å². The summed E-state index contributed by atoms with van der Waals surface area (Å²) in [6.07, 6.45) is 1.71. The van der Waals surface area contributed by atoms with Gasteiger partial charge in [-0.25, -0.2) is 0 Å². The Morgan fingerprint density at radius 2 is 2.21 bits per heavy atom. The topological polar surface area (TPSA) is 29.4 Å². The van der Waals surface area contributed by atoms with Crippen molar-refractivity contribution in [2.45, 2.75) is 6.92 Å². The molecule has 0 saturated heterocycles. The van der Waals surface area contributed by atoms with E-state index in [9.17, 15) is 4.79 Å². The fourth-order valence-electron chi connectivity index (χ4n) is 1.38. The molecule has 0 bridgehead atoms. The summed E-state index contributed by atoms with van der Waals surface area (Å²) in [5, 5.41) is 0. The van der Waals surface area contributed by atoms with E-state index in [1.54, 1.807) is 6.21 Å². The van der Waals surface area contributed by atoms with Crippen LogP contribution in [-0.4, -0.2) is 12.0 Å². The van der Waals surface area contributed by atoms with Gasteiger partial charge in [0.15, 0.2) is 5.78 Å². The van der Waals surface area contributed by atoms with Crippen LogP contribution in [0.3, 0.4) is 0 Å². The summed E-state index contributed by atoms with van der Waals surface area (Å²) in [5.74, 6) is 0.0254. The van der Waals surface area contributed by atoms with Gasteiger partial charge in [0, 0.05) is 14.3 Å². The highest BCUT2D eigenvalue weighted by atomic mass is 127. The minimum Gasteiger partial charge on any atom is -0.293 e. The highest BCUT2D eigenvalue weighted by Gasteiger charge is 2.24. The van der Waals surface area contributed by atoms with Gasteiger partial charge in [-0.05, 0) is 50.7 Å². The van der Waals surface area contributed by atoms with Crippen molar-refractivity contribution in [2.24, 2.45) is 10.9 Å². The lowest BCUT2D eigenvalue weighted by Crippen LogP contribution is -2.17. The fourth-order valence-corrected chi connectivity index (χ4v) is 2.49. The molecule has 1 atom stereocenters.